The predicted octanol–water partition coefficient (Wildman–Crippen LogP) is 0.892. The van der Waals surface area contributed by atoms with E-state index in [0.29, 0.717) is 12.3 Å². The number of rotatable bonds is 3. The molecule has 3 atom stereocenters. The van der Waals surface area contributed by atoms with E-state index in [1.165, 1.54) is 0 Å². The summed E-state index contributed by atoms with van der Waals surface area (Å²) in [6.45, 7) is 6.63. The van der Waals surface area contributed by atoms with Gasteiger partial charge in [-0.15, -0.1) is 0 Å². The van der Waals surface area contributed by atoms with Crippen molar-refractivity contribution in [3.63, 3.8) is 0 Å². The molecule has 0 aromatic rings. The van der Waals surface area contributed by atoms with Crippen LogP contribution >= 0.6 is 0 Å². The molecular formula is C15H27N3O2. The SMILES string of the molecule is CCC(=O)N1CCCCC1C(=O)NC1CNCCC1C. The van der Waals surface area contributed by atoms with Crippen molar-refractivity contribution < 1.29 is 9.59 Å². The summed E-state index contributed by atoms with van der Waals surface area (Å²) in [6.07, 6.45) is 4.41. The van der Waals surface area contributed by atoms with E-state index < -0.39 is 0 Å². The van der Waals surface area contributed by atoms with Crippen molar-refractivity contribution in [2.75, 3.05) is 19.6 Å². The summed E-state index contributed by atoms with van der Waals surface area (Å²) in [5.41, 5.74) is 0. The minimum absolute atomic E-state index is 0.0343. The molecule has 0 aromatic heterocycles. The zero-order chi connectivity index (χ0) is 14.5. The second kappa shape index (κ2) is 7.07. The van der Waals surface area contributed by atoms with Crippen LogP contribution in [-0.4, -0.2) is 48.4 Å². The first-order chi connectivity index (χ1) is 9.63. The Labute approximate surface area is 121 Å². The highest BCUT2D eigenvalue weighted by Crippen LogP contribution is 2.19. The number of amides is 2. The number of likely N-dealkylation sites (tertiary alicyclic amines) is 1. The highest BCUT2D eigenvalue weighted by Gasteiger charge is 2.33. The van der Waals surface area contributed by atoms with Gasteiger partial charge >= 0.3 is 0 Å². The molecule has 2 amide bonds. The molecule has 5 heteroatoms. The van der Waals surface area contributed by atoms with Crippen molar-refractivity contribution in [2.24, 2.45) is 5.92 Å². The first kappa shape index (κ1) is 15.3. The lowest BCUT2D eigenvalue weighted by atomic mass is 9.93. The fourth-order valence-corrected chi connectivity index (χ4v) is 3.17. The molecule has 2 heterocycles. The van der Waals surface area contributed by atoms with Crippen LogP contribution in [0.3, 0.4) is 0 Å². The highest BCUT2D eigenvalue weighted by molar-refractivity contribution is 5.88. The number of piperidine rings is 2. The third kappa shape index (κ3) is 3.51. The molecule has 20 heavy (non-hydrogen) atoms. The minimum Gasteiger partial charge on any atom is -0.350 e. The molecule has 5 nitrogen and oxygen atoms in total. The summed E-state index contributed by atoms with van der Waals surface area (Å²) in [5, 5.41) is 6.48. The molecule has 2 saturated heterocycles. The first-order valence-corrected chi connectivity index (χ1v) is 7.94. The average molecular weight is 281 g/mol. The molecule has 0 spiro atoms. The molecule has 0 aromatic carbocycles. The quantitative estimate of drug-likeness (QED) is 0.808. The van der Waals surface area contributed by atoms with E-state index in [4.69, 9.17) is 0 Å². The van der Waals surface area contributed by atoms with Gasteiger partial charge in [0.25, 0.3) is 0 Å². The lowest BCUT2D eigenvalue weighted by Gasteiger charge is -2.37. The van der Waals surface area contributed by atoms with Gasteiger partial charge in [-0.05, 0) is 38.1 Å². The number of carbonyl (C=O) groups excluding carboxylic acids is 2. The maximum Gasteiger partial charge on any atom is 0.243 e. The first-order valence-electron chi connectivity index (χ1n) is 7.94. The molecule has 2 N–H and O–H groups in total. The summed E-state index contributed by atoms with van der Waals surface area (Å²) in [4.78, 5) is 26.3. The van der Waals surface area contributed by atoms with Crippen LogP contribution in [0, 0.1) is 5.92 Å². The van der Waals surface area contributed by atoms with Crippen LogP contribution in [0.5, 0.6) is 0 Å². The monoisotopic (exact) mass is 281 g/mol. The van der Waals surface area contributed by atoms with Gasteiger partial charge in [-0.1, -0.05) is 13.8 Å². The molecular weight excluding hydrogens is 254 g/mol. The van der Waals surface area contributed by atoms with Crippen LogP contribution in [0.2, 0.25) is 0 Å². The van der Waals surface area contributed by atoms with Gasteiger partial charge in [-0.25, -0.2) is 0 Å². The molecule has 3 unspecified atom stereocenters. The maximum atomic E-state index is 12.5. The third-order valence-electron chi connectivity index (χ3n) is 4.58. The number of carbonyl (C=O) groups is 2. The molecule has 0 bridgehead atoms. The van der Waals surface area contributed by atoms with Crippen molar-refractivity contribution in [1.82, 2.24) is 15.5 Å². The minimum atomic E-state index is -0.259. The molecule has 0 radical (unpaired) electrons. The largest absolute Gasteiger partial charge is 0.350 e. The Balaban J connectivity index is 1.96. The molecule has 2 aliphatic rings. The van der Waals surface area contributed by atoms with Gasteiger partial charge in [0, 0.05) is 25.6 Å². The molecule has 2 fully saturated rings. The van der Waals surface area contributed by atoms with E-state index in [1.807, 2.05) is 6.92 Å². The second-order valence-corrected chi connectivity index (χ2v) is 6.04. The van der Waals surface area contributed by atoms with Gasteiger partial charge in [0.2, 0.25) is 11.8 Å². The Kier molecular flexibility index (Phi) is 5.40. The van der Waals surface area contributed by atoms with Gasteiger partial charge in [0.1, 0.15) is 6.04 Å². The highest BCUT2D eigenvalue weighted by atomic mass is 16.2. The summed E-state index contributed by atoms with van der Waals surface area (Å²) in [5.74, 6) is 0.630. The number of hydrogen-bond acceptors (Lipinski definition) is 3. The van der Waals surface area contributed by atoms with Gasteiger partial charge in [0.15, 0.2) is 0 Å². The molecule has 2 rings (SSSR count). The predicted molar refractivity (Wildman–Crippen MR) is 78.2 cm³/mol. The topological polar surface area (TPSA) is 61.4 Å². The molecule has 2 aliphatic heterocycles. The van der Waals surface area contributed by atoms with E-state index in [2.05, 4.69) is 17.6 Å². The second-order valence-electron chi connectivity index (χ2n) is 6.04. The van der Waals surface area contributed by atoms with Gasteiger partial charge in [0.05, 0.1) is 0 Å². The fourth-order valence-electron chi connectivity index (χ4n) is 3.17. The standard InChI is InChI=1S/C15H27N3O2/c1-3-14(19)18-9-5-4-6-13(18)15(20)17-12-10-16-8-7-11(12)2/h11-13,16H,3-10H2,1-2H3,(H,17,20). The summed E-state index contributed by atoms with van der Waals surface area (Å²) in [7, 11) is 0. The van der Waals surface area contributed by atoms with Gasteiger partial charge in [-0.3, -0.25) is 9.59 Å². The van der Waals surface area contributed by atoms with Crippen LogP contribution in [0.4, 0.5) is 0 Å². The zero-order valence-corrected chi connectivity index (χ0v) is 12.7. The average Bonchev–Trinajstić information content (AvgIpc) is 2.48. The van der Waals surface area contributed by atoms with Crippen LogP contribution < -0.4 is 10.6 Å². The summed E-state index contributed by atoms with van der Waals surface area (Å²) in [6, 6.07) is -0.0675. The van der Waals surface area contributed by atoms with Crippen molar-refractivity contribution in [3.8, 4) is 0 Å². The Morgan fingerprint density at radius 1 is 1.30 bits per heavy atom. The Bertz CT molecular complexity index is 359. The Morgan fingerprint density at radius 2 is 2.10 bits per heavy atom. The summed E-state index contributed by atoms with van der Waals surface area (Å²) < 4.78 is 0. The summed E-state index contributed by atoms with van der Waals surface area (Å²) >= 11 is 0. The van der Waals surface area contributed by atoms with E-state index in [9.17, 15) is 9.59 Å². The number of hydrogen-bond donors (Lipinski definition) is 2. The van der Waals surface area contributed by atoms with E-state index in [0.717, 1.165) is 45.3 Å². The van der Waals surface area contributed by atoms with Crippen LogP contribution in [0.15, 0.2) is 0 Å². The smallest absolute Gasteiger partial charge is 0.243 e. The number of nitrogens with one attached hydrogen (secondary N) is 2. The Hall–Kier alpha value is -1.10. The molecule has 114 valence electrons. The van der Waals surface area contributed by atoms with Crippen LogP contribution in [0.1, 0.15) is 46.0 Å². The van der Waals surface area contributed by atoms with Crippen LogP contribution in [0.25, 0.3) is 0 Å². The van der Waals surface area contributed by atoms with E-state index in [-0.39, 0.29) is 23.9 Å². The fraction of sp³-hybridized carbons (Fsp3) is 0.867. The number of nitrogens with zero attached hydrogens (tertiary/aromatic N) is 1. The van der Waals surface area contributed by atoms with Gasteiger partial charge in [-0.2, -0.15) is 0 Å². The van der Waals surface area contributed by atoms with Gasteiger partial charge < -0.3 is 15.5 Å². The van der Waals surface area contributed by atoms with E-state index >= 15 is 0 Å². The molecule has 0 saturated carbocycles. The third-order valence-corrected chi connectivity index (χ3v) is 4.58. The van der Waals surface area contributed by atoms with Crippen molar-refractivity contribution in [2.45, 2.75) is 58.0 Å². The zero-order valence-electron chi connectivity index (χ0n) is 12.7. The Morgan fingerprint density at radius 3 is 2.80 bits per heavy atom. The maximum absolute atomic E-state index is 12.5. The lowest BCUT2D eigenvalue weighted by molar-refractivity contribution is -0.142. The van der Waals surface area contributed by atoms with E-state index in [1.54, 1.807) is 4.90 Å². The lowest BCUT2D eigenvalue weighted by Crippen LogP contribution is -2.57. The van der Waals surface area contributed by atoms with Crippen LogP contribution in [-0.2, 0) is 9.59 Å². The van der Waals surface area contributed by atoms with Crippen molar-refractivity contribution in [1.29, 1.82) is 0 Å². The van der Waals surface area contributed by atoms with Crippen molar-refractivity contribution >= 4 is 11.8 Å². The molecule has 0 aliphatic carbocycles. The normalized spacial score (nSPS) is 30.9. The van der Waals surface area contributed by atoms with Crippen molar-refractivity contribution in [3.05, 3.63) is 0 Å².